The van der Waals surface area contributed by atoms with Gasteiger partial charge in [0.2, 0.25) is 0 Å². The summed E-state index contributed by atoms with van der Waals surface area (Å²) in [6, 6.07) is 11.3. The minimum Gasteiger partial charge on any atom is -0.456 e. The van der Waals surface area contributed by atoms with Crippen molar-refractivity contribution in [3.05, 3.63) is 54.4 Å². The van der Waals surface area contributed by atoms with Crippen molar-refractivity contribution in [2.24, 2.45) is 0 Å². The molecule has 0 aliphatic rings. The Kier molecular flexibility index (Phi) is 3.65. The fourth-order valence-electron chi connectivity index (χ4n) is 1.68. The molecule has 0 aliphatic carbocycles. The first-order chi connectivity index (χ1) is 8.96. The van der Waals surface area contributed by atoms with E-state index in [9.17, 15) is 4.79 Å². The van der Waals surface area contributed by atoms with Crippen LogP contribution in [-0.2, 0) is 4.74 Å². The highest BCUT2D eigenvalue weighted by atomic mass is 16.6. The minimum atomic E-state index is -0.471. The smallest absolute Gasteiger partial charge is 0.338 e. The lowest BCUT2D eigenvalue weighted by atomic mass is 10.1. The van der Waals surface area contributed by atoms with Gasteiger partial charge in [-0.2, -0.15) is 0 Å². The molecule has 3 heteroatoms. The number of esters is 1. The molecule has 0 atom stereocenters. The van der Waals surface area contributed by atoms with E-state index in [0.717, 1.165) is 11.1 Å². The zero-order chi connectivity index (χ0) is 13.9. The lowest BCUT2D eigenvalue weighted by molar-refractivity contribution is 0.00696. The summed E-state index contributed by atoms with van der Waals surface area (Å²) >= 11 is 0. The Bertz CT molecular complexity index is 554. The molecule has 98 valence electrons. The maximum absolute atomic E-state index is 11.9. The summed E-state index contributed by atoms with van der Waals surface area (Å²) in [6.07, 6.45) is 3.49. The van der Waals surface area contributed by atoms with Gasteiger partial charge in [0.15, 0.2) is 0 Å². The van der Waals surface area contributed by atoms with Crippen molar-refractivity contribution in [3.63, 3.8) is 0 Å². The van der Waals surface area contributed by atoms with Gasteiger partial charge in [-0.3, -0.25) is 4.98 Å². The van der Waals surface area contributed by atoms with E-state index in [4.69, 9.17) is 4.74 Å². The molecular formula is C16H17NO2. The van der Waals surface area contributed by atoms with E-state index in [-0.39, 0.29) is 5.97 Å². The summed E-state index contributed by atoms with van der Waals surface area (Å²) in [5.41, 5.74) is 2.22. The second kappa shape index (κ2) is 5.22. The third-order valence-corrected chi connectivity index (χ3v) is 2.53. The van der Waals surface area contributed by atoms with Gasteiger partial charge in [-0.05, 0) is 56.2 Å². The summed E-state index contributed by atoms with van der Waals surface area (Å²) in [4.78, 5) is 15.9. The van der Waals surface area contributed by atoms with Gasteiger partial charge in [0.05, 0.1) is 5.56 Å². The zero-order valence-corrected chi connectivity index (χ0v) is 11.4. The number of aromatic nitrogens is 1. The number of nitrogens with zero attached hydrogens (tertiary/aromatic N) is 1. The van der Waals surface area contributed by atoms with Crippen LogP contribution in [-0.4, -0.2) is 16.6 Å². The Labute approximate surface area is 113 Å². The summed E-state index contributed by atoms with van der Waals surface area (Å²) in [7, 11) is 0. The SMILES string of the molecule is CC(C)(C)OC(=O)c1ccc(-c2ccncc2)cc1. The first-order valence-electron chi connectivity index (χ1n) is 6.19. The fraction of sp³-hybridized carbons (Fsp3) is 0.250. The van der Waals surface area contributed by atoms with Crippen LogP contribution < -0.4 is 0 Å². The van der Waals surface area contributed by atoms with Crippen molar-refractivity contribution < 1.29 is 9.53 Å². The third kappa shape index (κ3) is 3.65. The number of hydrogen-bond acceptors (Lipinski definition) is 3. The average Bonchev–Trinajstić information content (AvgIpc) is 2.38. The highest BCUT2D eigenvalue weighted by molar-refractivity contribution is 5.90. The van der Waals surface area contributed by atoms with Gasteiger partial charge < -0.3 is 4.74 Å². The van der Waals surface area contributed by atoms with Crippen LogP contribution in [0.2, 0.25) is 0 Å². The maximum atomic E-state index is 11.9. The molecule has 2 rings (SSSR count). The summed E-state index contributed by atoms with van der Waals surface area (Å²) < 4.78 is 5.32. The quantitative estimate of drug-likeness (QED) is 0.768. The van der Waals surface area contributed by atoms with Gasteiger partial charge in [0.25, 0.3) is 0 Å². The Balaban J connectivity index is 2.17. The van der Waals surface area contributed by atoms with Crippen molar-refractivity contribution in [3.8, 4) is 11.1 Å². The molecule has 1 aromatic heterocycles. The Morgan fingerprint density at radius 1 is 0.947 bits per heavy atom. The molecule has 0 N–H and O–H groups in total. The molecule has 2 aromatic rings. The monoisotopic (exact) mass is 255 g/mol. The van der Waals surface area contributed by atoms with Crippen LogP contribution in [0.4, 0.5) is 0 Å². The number of carbonyl (C=O) groups excluding carboxylic acids is 1. The molecule has 19 heavy (non-hydrogen) atoms. The Morgan fingerprint density at radius 2 is 1.47 bits per heavy atom. The van der Waals surface area contributed by atoms with Crippen molar-refractivity contribution in [2.45, 2.75) is 26.4 Å². The molecule has 0 saturated heterocycles. The molecule has 0 unspecified atom stereocenters. The minimum absolute atomic E-state index is 0.297. The lowest BCUT2D eigenvalue weighted by Gasteiger charge is -2.19. The van der Waals surface area contributed by atoms with E-state index < -0.39 is 5.60 Å². The first kappa shape index (κ1) is 13.3. The average molecular weight is 255 g/mol. The Hall–Kier alpha value is -2.16. The largest absolute Gasteiger partial charge is 0.456 e. The van der Waals surface area contributed by atoms with Crippen LogP contribution in [0.15, 0.2) is 48.8 Å². The topological polar surface area (TPSA) is 39.2 Å². The second-order valence-corrected chi connectivity index (χ2v) is 5.32. The van der Waals surface area contributed by atoms with Gasteiger partial charge in [-0.1, -0.05) is 12.1 Å². The van der Waals surface area contributed by atoms with Crippen molar-refractivity contribution in [1.29, 1.82) is 0 Å². The number of rotatable bonds is 2. The van der Waals surface area contributed by atoms with E-state index in [2.05, 4.69) is 4.98 Å². The molecule has 0 aliphatic heterocycles. The highest BCUT2D eigenvalue weighted by Crippen LogP contribution is 2.20. The first-order valence-corrected chi connectivity index (χ1v) is 6.19. The molecule has 0 bridgehead atoms. The Morgan fingerprint density at radius 3 is 2.00 bits per heavy atom. The van der Waals surface area contributed by atoms with Crippen LogP contribution in [0.3, 0.4) is 0 Å². The number of carbonyl (C=O) groups is 1. The summed E-state index contributed by atoms with van der Waals surface area (Å²) in [5, 5.41) is 0. The zero-order valence-electron chi connectivity index (χ0n) is 11.4. The van der Waals surface area contributed by atoms with Crippen LogP contribution in [0.1, 0.15) is 31.1 Å². The van der Waals surface area contributed by atoms with Gasteiger partial charge >= 0.3 is 5.97 Å². The van der Waals surface area contributed by atoms with Crippen molar-refractivity contribution in [2.75, 3.05) is 0 Å². The molecule has 1 heterocycles. The molecule has 1 aromatic carbocycles. The van der Waals surface area contributed by atoms with Crippen LogP contribution in [0.25, 0.3) is 11.1 Å². The van der Waals surface area contributed by atoms with Gasteiger partial charge in [0, 0.05) is 12.4 Å². The number of hydrogen-bond donors (Lipinski definition) is 0. The fourth-order valence-corrected chi connectivity index (χ4v) is 1.68. The standard InChI is InChI=1S/C16H17NO2/c1-16(2,3)19-15(18)14-6-4-12(5-7-14)13-8-10-17-11-9-13/h4-11H,1-3H3. The molecule has 0 spiro atoms. The molecule has 0 saturated carbocycles. The van der Waals surface area contributed by atoms with Crippen molar-refractivity contribution in [1.82, 2.24) is 4.98 Å². The highest BCUT2D eigenvalue weighted by Gasteiger charge is 2.17. The molecule has 0 fully saturated rings. The second-order valence-electron chi connectivity index (χ2n) is 5.32. The van der Waals surface area contributed by atoms with E-state index in [1.807, 2.05) is 45.0 Å². The van der Waals surface area contributed by atoms with Gasteiger partial charge in [0.1, 0.15) is 5.60 Å². The van der Waals surface area contributed by atoms with E-state index in [1.54, 1.807) is 24.5 Å². The summed E-state index contributed by atoms with van der Waals surface area (Å²) in [5.74, 6) is -0.297. The van der Waals surface area contributed by atoms with E-state index in [1.165, 1.54) is 0 Å². The van der Waals surface area contributed by atoms with Crippen LogP contribution >= 0.6 is 0 Å². The van der Waals surface area contributed by atoms with E-state index >= 15 is 0 Å². The van der Waals surface area contributed by atoms with Gasteiger partial charge in [-0.15, -0.1) is 0 Å². The number of benzene rings is 1. The van der Waals surface area contributed by atoms with Crippen LogP contribution in [0.5, 0.6) is 0 Å². The van der Waals surface area contributed by atoms with Crippen LogP contribution in [0, 0.1) is 0 Å². The molecule has 3 nitrogen and oxygen atoms in total. The molecule has 0 amide bonds. The third-order valence-electron chi connectivity index (χ3n) is 2.53. The van der Waals surface area contributed by atoms with Gasteiger partial charge in [-0.25, -0.2) is 4.79 Å². The molecular weight excluding hydrogens is 238 g/mol. The normalized spacial score (nSPS) is 11.1. The van der Waals surface area contributed by atoms with Crippen molar-refractivity contribution >= 4 is 5.97 Å². The summed E-state index contributed by atoms with van der Waals surface area (Å²) in [6.45, 7) is 5.57. The number of ether oxygens (including phenoxy) is 1. The predicted octanol–water partition coefficient (Wildman–Crippen LogP) is 3.70. The predicted molar refractivity (Wildman–Crippen MR) is 74.8 cm³/mol. The maximum Gasteiger partial charge on any atom is 0.338 e. The lowest BCUT2D eigenvalue weighted by Crippen LogP contribution is -2.23. The number of pyridine rings is 1. The van der Waals surface area contributed by atoms with E-state index in [0.29, 0.717) is 5.56 Å². The molecule has 0 radical (unpaired) electrons.